The van der Waals surface area contributed by atoms with Gasteiger partial charge in [-0.3, -0.25) is 4.79 Å². The quantitative estimate of drug-likeness (QED) is 0.234. The predicted molar refractivity (Wildman–Crippen MR) is 157 cm³/mol. The van der Waals surface area contributed by atoms with Crippen LogP contribution >= 0.6 is 11.6 Å². The van der Waals surface area contributed by atoms with Crippen LogP contribution in [0.3, 0.4) is 0 Å². The summed E-state index contributed by atoms with van der Waals surface area (Å²) in [5.74, 6) is 1.49. The Hall–Kier alpha value is -4.56. The fraction of sp³-hybridized carbons (Fsp3) is 0.194. The molecule has 0 aliphatic rings. The molecule has 0 unspecified atom stereocenters. The molecule has 0 atom stereocenters. The van der Waals surface area contributed by atoms with E-state index in [1.807, 2.05) is 54.7 Å². The van der Waals surface area contributed by atoms with Crippen molar-refractivity contribution in [3.63, 3.8) is 0 Å². The van der Waals surface area contributed by atoms with Crippen LogP contribution in [-0.4, -0.2) is 34.7 Å². The number of pyridine rings is 1. The van der Waals surface area contributed by atoms with Crippen LogP contribution < -0.4 is 5.56 Å². The lowest BCUT2D eigenvalue weighted by Crippen LogP contribution is -2.22. The smallest absolute Gasteiger partial charge is 0.277 e. The Morgan fingerprint density at radius 2 is 1.60 bits per heavy atom. The first kappa shape index (κ1) is 25.7. The Bertz CT molecular complexity index is 1800. The fourth-order valence-electron chi connectivity index (χ4n) is 5.01. The van der Waals surface area contributed by atoms with E-state index in [1.165, 1.54) is 0 Å². The number of rotatable bonds is 9. The average Bonchev–Trinajstić information content (AvgIpc) is 3.64. The molecular weight excluding hydrogens is 522 g/mol. The van der Waals surface area contributed by atoms with Crippen LogP contribution in [0.5, 0.6) is 0 Å². The fourth-order valence-corrected chi connectivity index (χ4v) is 5.14. The molecular formula is C31H28ClN7O. The second kappa shape index (κ2) is 11.3. The molecule has 3 aromatic heterocycles. The molecule has 0 aliphatic heterocycles. The van der Waals surface area contributed by atoms with Crippen molar-refractivity contribution < 1.29 is 0 Å². The highest BCUT2D eigenvalue weighted by Crippen LogP contribution is 2.30. The molecule has 0 spiro atoms. The molecule has 3 heterocycles. The van der Waals surface area contributed by atoms with Gasteiger partial charge in [-0.25, -0.2) is 4.98 Å². The molecule has 0 saturated heterocycles. The third kappa shape index (κ3) is 5.18. The van der Waals surface area contributed by atoms with E-state index in [4.69, 9.17) is 16.6 Å². The van der Waals surface area contributed by atoms with Crippen LogP contribution in [0.4, 0.5) is 0 Å². The highest BCUT2D eigenvalue weighted by atomic mass is 35.5. The van der Waals surface area contributed by atoms with Gasteiger partial charge >= 0.3 is 0 Å². The predicted octanol–water partition coefficient (Wildman–Crippen LogP) is 6.14. The standard InChI is InChI=1S/C31H28ClN7O/c1-2-3-8-28-33-27-17-18-38(19-21-11-15-24(32)16-12-21)31(40)29(27)39(28)20-22-9-13-23(14-10-22)25-6-4-5-7-26(25)30-34-36-37-35-30/h4-7,9-18H,2-3,8,19-20H2,1H3,(H,34,35,36,37). The van der Waals surface area contributed by atoms with Gasteiger partial charge in [0.05, 0.1) is 12.1 Å². The van der Waals surface area contributed by atoms with E-state index in [0.717, 1.165) is 58.4 Å². The summed E-state index contributed by atoms with van der Waals surface area (Å²) in [5, 5.41) is 15.2. The number of nitrogens with one attached hydrogen (secondary N) is 1. The van der Waals surface area contributed by atoms with Crippen LogP contribution in [0.25, 0.3) is 33.5 Å². The number of hydrogen-bond donors (Lipinski definition) is 1. The highest BCUT2D eigenvalue weighted by molar-refractivity contribution is 6.30. The monoisotopic (exact) mass is 549 g/mol. The summed E-state index contributed by atoms with van der Waals surface area (Å²) in [6.07, 6.45) is 4.71. The third-order valence-electron chi connectivity index (χ3n) is 7.09. The molecule has 200 valence electrons. The minimum atomic E-state index is -0.0478. The van der Waals surface area contributed by atoms with Gasteiger partial charge in [0.15, 0.2) is 0 Å². The molecule has 1 N–H and O–H groups in total. The Morgan fingerprint density at radius 3 is 2.33 bits per heavy atom. The lowest BCUT2D eigenvalue weighted by Gasteiger charge is -2.12. The Morgan fingerprint density at radius 1 is 0.875 bits per heavy atom. The summed E-state index contributed by atoms with van der Waals surface area (Å²) in [5.41, 5.74) is 6.41. The molecule has 6 aromatic rings. The van der Waals surface area contributed by atoms with E-state index in [-0.39, 0.29) is 5.56 Å². The van der Waals surface area contributed by atoms with Crippen molar-refractivity contribution in [3.8, 4) is 22.5 Å². The van der Waals surface area contributed by atoms with Crippen LogP contribution in [0.15, 0.2) is 89.9 Å². The number of aromatic amines is 1. The molecule has 3 aromatic carbocycles. The molecule has 0 bridgehead atoms. The minimum Gasteiger partial charge on any atom is -0.319 e. The zero-order chi connectivity index (χ0) is 27.5. The van der Waals surface area contributed by atoms with Crippen LogP contribution in [0.1, 0.15) is 36.7 Å². The minimum absolute atomic E-state index is 0.0478. The van der Waals surface area contributed by atoms with Gasteiger partial charge in [-0.05, 0) is 52.1 Å². The number of benzene rings is 3. The number of H-pyrrole nitrogens is 1. The summed E-state index contributed by atoms with van der Waals surface area (Å²) >= 11 is 6.05. The second-order valence-corrected chi connectivity index (χ2v) is 10.2. The number of aryl methyl sites for hydroxylation is 1. The molecule has 40 heavy (non-hydrogen) atoms. The first-order valence-corrected chi connectivity index (χ1v) is 13.7. The number of imidazole rings is 1. The first-order chi connectivity index (χ1) is 19.6. The maximum Gasteiger partial charge on any atom is 0.277 e. The highest BCUT2D eigenvalue weighted by Gasteiger charge is 2.17. The number of tetrazole rings is 1. The van der Waals surface area contributed by atoms with Crippen molar-refractivity contribution in [3.05, 3.63) is 117 Å². The van der Waals surface area contributed by atoms with E-state index in [2.05, 4.69) is 62.4 Å². The van der Waals surface area contributed by atoms with E-state index in [1.54, 1.807) is 4.57 Å². The summed E-state index contributed by atoms with van der Waals surface area (Å²) in [6, 6.07) is 25.9. The largest absolute Gasteiger partial charge is 0.319 e. The molecule has 8 nitrogen and oxygen atoms in total. The molecule has 9 heteroatoms. The van der Waals surface area contributed by atoms with Gasteiger partial charge in [-0.1, -0.05) is 85.6 Å². The van der Waals surface area contributed by atoms with Gasteiger partial charge in [0.2, 0.25) is 5.82 Å². The van der Waals surface area contributed by atoms with Crippen molar-refractivity contribution in [1.29, 1.82) is 0 Å². The topological polar surface area (TPSA) is 94.3 Å². The van der Waals surface area contributed by atoms with Gasteiger partial charge in [0, 0.05) is 29.7 Å². The lowest BCUT2D eigenvalue weighted by atomic mass is 9.98. The molecule has 0 saturated carbocycles. The number of unbranched alkanes of at least 4 members (excludes halogenated alkanes) is 1. The normalized spacial score (nSPS) is 11.3. The maximum absolute atomic E-state index is 13.7. The zero-order valence-corrected chi connectivity index (χ0v) is 22.8. The summed E-state index contributed by atoms with van der Waals surface area (Å²) in [4.78, 5) is 18.6. The third-order valence-corrected chi connectivity index (χ3v) is 7.34. The van der Waals surface area contributed by atoms with Crippen LogP contribution in [0, 0.1) is 0 Å². The average molecular weight is 550 g/mol. The number of nitrogens with zero attached hydrogens (tertiary/aromatic N) is 6. The Balaban J connectivity index is 1.35. The molecule has 0 radical (unpaired) electrons. The van der Waals surface area contributed by atoms with Gasteiger partial charge in [0.25, 0.3) is 5.56 Å². The summed E-state index contributed by atoms with van der Waals surface area (Å²) < 4.78 is 3.83. The second-order valence-electron chi connectivity index (χ2n) is 9.80. The van der Waals surface area contributed by atoms with Crippen LogP contribution in [0.2, 0.25) is 5.02 Å². The summed E-state index contributed by atoms with van der Waals surface area (Å²) in [6.45, 7) is 3.19. The van der Waals surface area contributed by atoms with Crippen molar-refractivity contribution in [2.75, 3.05) is 0 Å². The number of halogens is 1. The van der Waals surface area contributed by atoms with Crippen molar-refractivity contribution in [1.82, 2.24) is 34.7 Å². The van der Waals surface area contributed by atoms with E-state index < -0.39 is 0 Å². The molecule has 0 fully saturated rings. The molecule has 0 aliphatic carbocycles. The van der Waals surface area contributed by atoms with E-state index in [9.17, 15) is 4.79 Å². The first-order valence-electron chi connectivity index (χ1n) is 13.4. The lowest BCUT2D eigenvalue weighted by molar-refractivity contribution is 0.684. The number of hydrogen-bond acceptors (Lipinski definition) is 5. The Kier molecular flexibility index (Phi) is 7.25. The number of fused-ring (bicyclic) bond motifs is 1. The summed E-state index contributed by atoms with van der Waals surface area (Å²) in [7, 11) is 0. The molecule has 0 amide bonds. The van der Waals surface area contributed by atoms with E-state index in [0.29, 0.717) is 29.5 Å². The van der Waals surface area contributed by atoms with Crippen molar-refractivity contribution >= 4 is 22.6 Å². The van der Waals surface area contributed by atoms with Gasteiger partial charge in [-0.15, -0.1) is 10.2 Å². The zero-order valence-electron chi connectivity index (χ0n) is 22.1. The van der Waals surface area contributed by atoms with Gasteiger partial charge < -0.3 is 9.13 Å². The van der Waals surface area contributed by atoms with Crippen molar-refractivity contribution in [2.45, 2.75) is 39.3 Å². The number of aromatic nitrogens is 7. The van der Waals surface area contributed by atoms with Gasteiger partial charge in [0.1, 0.15) is 11.3 Å². The van der Waals surface area contributed by atoms with Crippen LogP contribution in [-0.2, 0) is 19.5 Å². The molecule has 6 rings (SSSR count). The van der Waals surface area contributed by atoms with Gasteiger partial charge in [-0.2, -0.15) is 5.21 Å². The Labute approximate surface area is 236 Å². The SMILES string of the molecule is CCCCc1nc2ccn(Cc3ccc(Cl)cc3)c(=O)c2n1Cc1ccc(-c2ccccc2-c2nn[nH]n2)cc1. The van der Waals surface area contributed by atoms with Crippen molar-refractivity contribution in [2.24, 2.45) is 0 Å². The van der Waals surface area contributed by atoms with E-state index >= 15 is 0 Å². The maximum atomic E-state index is 13.7.